The van der Waals surface area contributed by atoms with E-state index in [2.05, 4.69) is 31.8 Å². The zero-order chi connectivity index (χ0) is 21.4. The molecule has 0 radical (unpaired) electrons. The maximum Gasteiger partial charge on any atom is 0.242 e. The zero-order valence-electron chi connectivity index (χ0n) is 16.5. The fraction of sp³-hybridized carbons (Fsp3) is 0.227. The lowest BCUT2D eigenvalue weighted by Crippen LogP contribution is -2.38. The standard InChI is InChI=1S/C22H18FN7O/c23-15-7-3-5-13(11-15)19-28-20-18-14(12-24)6-4-9-16(18)26-22(30(20)29-19)27-17-8-1-2-10-25-21(17)31/h3-7,9,11,17H,1-2,8,10H2,(H,25,31)(H,26,27)/t17-/m1/s1. The van der Waals surface area contributed by atoms with E-state index in [1.54, 1.807) is 30.3 Å². The number of carbonyl (C=O) groups excluding carboxylic acids is 1. The van der Waals surface area contributed by atoms with Gasteiger partial charge in [-0.05, 0) is 43.5 Å². The summed E-state index contributed by atoms with van der Waals surface area (Å²) in [7, 11) is 0. The minimum absolute atomic E-state index is 0.0937. The van der Waals surface area contributed by atoms with Gasteiger partial charge in [0, 0.05) is 12.1 Å². The van der Waals surface area contributed by atoms with Crippen molar-refractivity contribution in [2.45, 2.75) is 25.3 Å². The van der Waals surface area contributed by atoms with Gasteiger partial charge in [0.05, 0.1) is 22.5 Å². The van der Waals surface area contributed by atoms with E-state index >= 15 is 0 Å². The van der Waals surface area contributed by atoms with Crippen molar-refractivity contribution in [1.82, 2.24) is 24.9 Å². The average molecular weight is 415 g/mol. The van der Waals surface area contributed by atoms with Crippen molar-refractivity contribution in [2.75, 3.05) is 11.9 Å². The van der Waals surface area contributed by atoms with Gasteiger partial charge in [-0.15, -0.1) is 5.10 Å². The molecule has 1 aliphatic rings. The van der Waals surface area contributed by atoms with Gasteiger partial charge in [0.2, 0.25) is 11.9 Å². The average Bonchev–Trinajstić information content (AvgIpc) is 3.13. The lowest BCUT2D eigenvalue weighted by atomic mass is 10.1. The summed E-state index contributed by atoms with van der Waals surface area (Å²) in [4.78, 5) is 21.7. The Morgan fingerprint density at radius 1 is 1.19 bits per heavy atom. The maximum atomic E-state index is 13.8. The second kappa shape index (κ2) is 7.65. The normalized spacial score (nSPS) is 16.6. The number of anilines is 1. The van der Waals surface area contributed by atoms with Crippen molar-refractivity contribution in [3.05, 3.63) is 53.8 Å². The van der Waals surface area contributed by atoms with Crippen molar-refractivity contribution >= 4 is 28.4 Å². The SMILES string of the molecule is N#Cc1cccc2nc(N[C@@H]3CCCCNC3=O)n3nc(-c4cccc(F)c4)nc3c12. The van der Waals surface area contributed by atoms with E-state index in [0.29, 0.717) is 52.4 Å². The molecular weight excluding hydrogens is 397 g/mol. The Labute approximate surface area is 176 Å². The molecule has 8 nitrogen and oxygen atoms in total. The quantitative estimate of drug-likeness (QED) is 0.533. The number of hydrogen-bond donors (Lipinski definition) is 2. The molecule has 3 heterocycles. The lowest BCUT2D eigenvalue weighted by molar-refractivity contribution is -0.121. The molecule has 1 fully saturated rings. The number of hydrogen-bond acceptors (Lipinski definition) is 6. The van der Waals surface area contributed by atoms with E-state index in [1.807, 2.05) is 0 Å². The highest BCUT2D eigenvalue weighted by Crippen LogP contribution is 2.27. The number of aromatic nitrogens is 4. The van der Waals surface area contributed by atoms with Crippen LogP contribution in [-0.2, 0) is 4.79 Å². The van der Waals surface area contributed by atoms with E-state index in [4.69, 9.17) is 0 Å². The fourth-order valence-electron chi connectivity index (χ4n) is 3.82. The smallest absolute Gasteiger partial charge is 0.242 e. The Morgan fingerprint density at radius 2 is 2.06 bits per heavy atom. The molecule has 2 aromatic heterocycles. The minimum Gasteiger partial charge on any atom is -0.354 e. The number of benzene rings is 2. The fourth-order valence-corrected chi connectivity index (χ4v) is 3.82. The van der Waals surface area contributed by atoms with Crippen LogP contribution in [0.15, 0.2) is 42.5 Å². The molecule has 4 aromatic rings. The third-order valence-electron chi connectivity index (χ3n) is 5.34. The van der Waals surface area contributed by atoms with Crippen LogP contribution in [0.1, 0.15) is 24.8 Å². The molecule has 154 valence electrons. The maximum absolute atomic E-state index is 13.8. The van der Waals surface area contributed by atoms with Gasteiger partial charge in [0.15, 0.2) is 11.5 Å². The first-order valence-electron chi connectivity index (χ1n) is 10.0. The highest BCUT2D eigenvalue weighted by Gasteiger charge is 2.24. The Bertz CT molecular complexity index is 1360. The minimum atomic E-state index is -0.461. The Hall–Kier alpha value is -4.06. The molecule has 0 aliphatic carbocycles. The molecule has 1 aliphatic heterocycles. The lowest BCUT2D eigenvalue weighted by Gasteiger charge is -2.16. The van der Waals surface area contributed by atoms with E-state index in [1.165, 1.54) is 16.6 Å². The van der Waals surface area contributed by atoms with Crippen LogP contribution in [0.2, 0.25) is 0 Å². The van der Waals surface area contributed by atoms with Gasteiger partial charge in [-0.1, -0.05) is 18.2 Å². The van der Waals surface area contributed by atoms with Crippen LogP contribution in [0.25, 0.3) is 27.9 Å². The summed E-state index contributed by atoms with van der Waals surface area (Å²) in [5, 5.41) is 20.8. The van der Waals surface area contributed by atoms with E-state index in [0.717, 1.165) is 12.8 Å². The summed E-state index contributed by atoms with van der Waals surface area (Å²) >= 11 is 0. The molecule has 1 amide bonds. The molecule has 0 saturated carbocycles. The highest BCUT2D eigenvalue weighted by molar-refractivity contribution is 5.97. The first-order chi connectivity index (χ1) is 15.1. The van der Waals surface area contributed by atoms with Crippen molar-refractivity contribution in [3.8, 4) is 17.5 Å². The number of fused-ring (bicyclic) bond motifs is 3. The van der Waals surface area contributed by atoms with Gasteiger partial charge in [-0.25, -0.2) is 14.4 Å². The summed E-state index contributed by atoms with van der Waals surface area (Å²) in [6.07, 6.45) is 2.48. The molecule has 31 heavy (non-hydrogen) atoms. The third kappa shape index (κ3) is 3.42. The Kier molecular flexibility index (Phi) is 4.67. The number of nitrogens with one attached hydrogen (secondary N) is 2. The van der Waals surface area contributed by atoms with Gasteiger partial charge in [0.25, 0.3) is 0 Å². The largest absolute Gasteiger partial charge is 0.354 e. The van der Waals surface area contributed by atoms with Gasteiger partial charge in [-0.3, -0.25) is 4.79 Å². The van der Waals surface area contributed by atoms with E-state index in [9.17, 15) is 14.4 Å². The molecule has 2 aromatic carbocycles. The first-order valence-corrected chi connectivity index (χ1v) is 10.0. The second-order valence-electron chi connectivity index (χ2n) is 7.41. The van der Waals surface area contributed by atoms with Crippen LogP contribution in [0, 0.1) is 17.1 Å². The summed E-state index contributed by atoms with van der Waals surface area (Å²) in [6.45, 7) is 0.649. The molecular formula is C22H18FN7O. The number of nitriles is 1. The van der Waals surface area contributed by atoms with Gasteiger partial charge in [-0.2, -0.15) is 9.78 Å². The number of amides is 1. The summed E-state index contributed by atoms with van der Waals surface area (Å²) in [5.74, 6) is 0.152. The predicted molar refractivity (Wildman–Crippen MR) is 113 cm³/mol. The van der Waals surface area contributed by atoms with Crippen molar-refractivity contribution in [3.63, 3.8) is 0 Å². The van der Waals surface area contributed by atoms with Crippen LogP contribution in [0.4, 0.5) is 10.3 Å². The molecule has 0 spiro atoms. The van der Waals surface area contributed by atoms with Crippen LogP contribution >= 0.6 is 0 Å². The monoisotopic (exact) mass is 415 g/mol. The van der Waals surface area contributed by atoms with E-state index < -0.39 is 11.9 Å². The molecule has 1 saturated heterocycles. The molecule has 0 bridgehead atoms. The summed E-state index contributed by atoms with van der Waals surface area (Å²) in [5.41, 5.74) is 1.88. The van der Waals surface area contributed by atoms with Crippen molar-refractivity contribution < 1.29 is 9.18 Å². The van der Waals surface area contributed by atoms with Crippen LogP contribution < -0.4 is 10.6 Å². The number of carbonyl (C=O) groups is 1. The van der Waals surface area contributed by atoms with Crippen LogP contribution in [0.5, 0.6) is 0 Å². The van der Waals surface area contributed by atoms with Crippen molar-refractivity contribution in [1.29, 1.82) is 5.26 Å². The van der Waals surface area contributed by atoms with Gasteiger partial charge < -0.3 is 10.6 Å². The first kappa shape index (κ1) is 18.9. The van der Waals surface area contributed by atoms with Crippen LogP contribution in [-0.4, -0.2) is 38.1 Å². The summed E-state index contributed by atoms with van der Waals surface area (Å²) in [6, 6.07) is 12.9. The molecule has 1 atom stereocenters. The highest BCUT2D eigenvalue weighted by atomic mass is 19.1. The second-order valence-corrected chi connectivity index (χ2v) is 7.41. The van der Waals surface area contributed by atoms with E-state index in [-0.39, 0.29) is 5.91 Å². The Balaban J connectivity index is 1.72. The molecule has 2 N–H and O–H groups in total. The molecule has 0 unspecified atom stereocenters. The van der Waals surface area contributed by atoms with Crippen LogP contribution in [0.3, 0.4) is 0 Å². The number of halogens is 1. The van der Waals surface area contributed by atoms with Crippen molar-refractivity contribution in [2.24, 2.45) is 0 Å². The predicted octanol–water partition coefficient (Wildman–Crippen LogP) is 3.04. The Morgan fingerprint density at radius 3 is 2.90 bits per heavy atom. The zero-order valence-corrected chi connectivity index (χ0v) is 16.5. The third-order valence-corrected chi connectivity index (χ3v) is 5.34. The molecule has 5 rings (SSSR count). The number of rotatable bonds is 3. The topological polar surface area (TPSA) is 108 Å². The van der Waals surface area contributed by atoms with Gasteiger partial charge >= 0.3 is 0 Å². The summed E-state index contributed by atoms with van der Waals surface area (Å²) < 4.78 is 15.3. The van der Waals surface area contributed by atoms with Gasteiger partial charge in [0.1, 0.15) is 11.9 Å². The number of nitrogens with zero attached hydrogens (tertiary/aromatic N) is 5. The molecule has 9 heteroatoms.